The zero-order valence-electron chi connectivity index (χ0n) is 3.03. The Morgan fingerprint density at radius 1 is 1.67 bits per heavy atom. The van der Waals surface area contributed by atoms with Crippen molar-refractivity contribution >= 4 is 11.3 Å². The van der Waals surface area contributed by atoms with E-state index in [-0.39, 0.29) is 0 Å². The van der Waals surface area contributed by atoms with Gasteiger partial charge in [0.2, 0.25) is 6.20 Å². The summed E-state index contributed by atoms with van der Waals surface area (Å²) in [5.41, 5.74) is 1.60. The minimum atomic E-state index is 1.02. The van der Waals surface area contributed by atoms with Gasteiger partial charge in [0.15, 0.2) is 0 Å². The van der Waals surface area contributed by atoms with Crippen LogP contribution in [-0.4, -0.2) is 5.21 Å². The third kappa shape index (κ3) is 0.490. The van der Waals surface area contributed by atoms with Crippen LogP contribution in [0.5, 0.6) is 0 Å². The Morgan fingerprint density at radius 3 is 2.67 bits per heavy atom. The minimum absolute atomic E-state index is 1.02. The molecule has 0 fully saturated rings. The van der Waals surface area contributed by atoms with Gasteiger partial charge in [0.1, 0.15) is 0 Å². The summed E-state index contributed by atoms with van der Waals surface area (Å²) in [4.78, 5) is 0. The molecule has 1 aromatic heterocycles. The Balaban J connectivity index is 3.05. The molecule has 0 unspecified atom stereocenters. The average Bonchev–Trinajstić information content (AvgIpc) is 1.86. The van der Waals surface area contributed by atoms with Gasteiger partial charge in [-0.15, -0.1) is 0 Å². The van der Waals surface area contributed by atoms with E-state index in [0.717, 1.165) is 4.73 Å². The van der Waals surface area contributed by atoms with Gasteiger partial charge in [-0.3, -0.25) is 5.21 Å². The number of rotatable bonds is 0. The maximum Gasteiger partial charge on any atom is 0.276 e. The monoisotopic (exact) mass is 102 g/mol. The minimum Gasteiger partial charge on any atom is -0.284 e. The van der Waals surface area contributed by atoms with Gasteiger partial charge in [0, 0.05) is 4.73 Å². The van der Waals surface area contributed by atoms with E-state index in [1.807, 2.05) is 0 Å². The summed E-state index contributed by atoms with van der Waals surface area (Å²) in [6.45, 7) is 0. The van der Waals surface area contributed by atoms with Crippen molar-refractivity contribution in [2.24, 2.45) is 0 Å². The normalized spacial score (nSPS) is 8.67. The second kappa shape index (κ2) is 1.26. The van der Waals surface area contributed by atoms with E-state index in [1.165, 1.54) is 11.3 Å². The molecule has 6 heavy (non-hydrogen) atoms. The van der Waals surface area contributed by atoms with Crippen LogP contribution < -0.4 is 4.73 Å². The van der Waals surface area contributed by atoms with Gasteiger partial charge < -0.3 is 0 Å². The van der Waals surface area contributed by atoms with E-state index in [1.54, 1.807) is 17.1 Å². The van der Waals surface area contributed by atoms with Crippen molar-refractivity contribution in [2.75, 3.05) is 0 Å². The molecule has 0 aliphatic heterocycles. The van der Waals surface area contributed by atoms with Gasteiger partial charge in [-0.25, -0.2) is 0 Å². The Labute approximate surface area is 39.2 Å². The first kappa shape index (κ1) is 3.61. The van der Waals surface area contributed by atoms with Crippen LogP contribution in [0, 0.1) is 0 Å². The predicted octanol–water partition coefficient (Wildman–Crippen LogP) is 0.273. The fourth-order valence-corrected chi connectivity index (χ4v) is 0.690. The molecule has 1 heterocycles. The lowest BCUT2D eigenvalue weighted by Crippen LogP contribution is -2.24. The topological polar surface area (TPSA) is 24.1 Å². The lowest BCUT2D eigenvalue weighted by molar-refractivity contribution is -0.901. The number of hydrogen-bond acceptors (Lipinski definition) is 2. The van der Waals surface area contributed by atoms with Crippen molar-refractivity contribution in [3.05, 3.63) is 17.1 Å². The number of hydrogen-bond donors (Lipinski definition) is 1. The third-order valence-electron chi connectivity index (χ3n) is 0.461. The number of aromatic nitrogens is 1. The van der Waals surface area contributed by atoms with Crippen molar-refractivity contribution < 1.29 is 9.94 Å². The summed E-state index contributed by atoms with van der Waals surface area (Å²) in [5, 5.41) is 10.2. The summed E-state index contributed by atoms with van der Waals surface area (Å²) in [6.07, 6.45) is 1.57. The summed E-state index contributed by atoms with van der Waals surface area (Å²) in [6, 6.07) is 0. The third-order valence-corrected chi connectivity index (χ3v) is 1.08. The van der Waals surface area contributed by atoms with E-state index >= 15 is 0 Å². The fraction of sp³-hybridized carbons (Fsp3) is 0. The quantitative estimate of drug-likeness (QED) is 0.369. The molecule has 0 aliphatic rings. The summed E-state index contributed by atoms with van der Waals surface area (Å²) in [7, 11) is 0. The molecule has 3 heteroatoms. The first-order valence-electron chi connectivity index (χ1n) is 1.52. The van der Waals surface area contributed by atoms with Crippen molar-refractivity contribution in [1.82, 2.24) is 0 Å². The molecular formula is C3H4NOS+. The first-order chi connectivity index (χ1) is 2.89. The Bertz CT molecular complexity index is 114. The van der Waals surface area contributed by atoms with Crippen LogP contribution in [0.4, 0.5) is 0 Å². The molecule has 32 valence electrons. The van der Waals surface area contributed by atoms with Gasteiger partial charge in [-0.2, -0.15) is 0 Å². The Hall–Kier alpha value is -0.570. The van der Waals surface area contributed by atoms with Gasteiger partial charge in [-0.05, 0) is 0 Å². The molecule has 0 saturated carbocycles. The van der Waals surface area contributed by atoms with Crippen LogP contribution in [0.3, 0.4) is 0 Å². The highest BCUT2D eigenvalue weighted by Crippen LogP contribution is 1.83. The predicted molar refractivity (Wildman–Crippen MR) is 21.7 cm³/mol. The van der Waals surface area contributed by atoms with E-state index in [4.69, 9.17) is 5.21 Å². The largest absolute Gasteiger partial charge is 0.284 e. The van der Waals surface area contributed by atoms with Crippen molar-refractivity contribution in [2.45, 2.75) is 0 Å². The maximum absolute atomic E-state index is 8.40. The zero-order chi connectivity index (χ0) is 4.41. The molecular weight excluding hydrogens is 98.1 g/mol. The summed E-state index contributed by atoms with van der Waals surface area (Å²) < 4.78 is 1.02. The first-order valence-corrected chi connectivity index (χ1v) is 2.46. The van der Waals surface area contributed by atoms with E-state index in [2.05, 4.69) is 0 Å². The molecule has 0 aliphatic carbocycles. The van der Waals surface area contributed by atoms with Crippen LogP contribution in [0.25, 0.3) is 0 Å². The van der Waals surface area contributed by atoms with Crippen LogP contribution in [0.2, 0.25) is 0 Å². The second-order valence-electron chi connectivity index (χ2n) is 0.907. The summed E-state index contributed by atoms with van der Waals surface area (Å²) >= 11 is 1.45. The average molecular weight is 102 g/mol. The molecule has 0 spiro atoms. The Morgan fingerprint density at radius 2 is 2.50 bits per heavy atom. The maximum atomic E-state index is 8.40. The number of nitrogens with zero attached hydrogens (tertiary/aromatic N) is 1. The molecule has 0 aromatic carbocycles. The molecule has 0 bridgehead atoms. The molecule has 1 aromatic rings. The molecule has 0 radical (unpaired) electrons. The van der Waals surface area contributed by atoms with Gasteiger partial charge in [0.25, 0.3) is 5.51 Å². The zero-order valence-corrected chi connectivity index (χ0v) is 3.85. The second-order valence-corrected chi connectivity index (χ2v) is 1.66. The van der Waals surface area contributed by atoms with Crippen LogP contribution in [-0.2, 0) is 0 Å². The van der Waals surface area contributed by atoms with E-state index < -0.39 is 0 Å². The SMILES string of the molecule is O[n+]1ccsc1. The van der Waals surface area contributed by atoms with Crippen LogP contribution in [0.15, 0.2) is 17.1 Å². The molecule has 1 rings (SSSR count). The molecule has 0 amide bonds. The van der Waals surface area contributed by atoms with E-state index in [0.29, 0.717) is 0 Å². The standard InChI is InChI=1S/C3H4NOS/c5-4-1-2-6-3-4/h1-3,5H/q+1. The highest BCUT2D eigenvalue weighted by molar-refractivity contribution is 7.07. The van der Waals surface area contributed by atoms with E-state index in [9.17, 15) is 0 Å². The number of thiazole rings is 1. The lowest BCUT2D eigenvalue weighted by atomic mass is 11.0. The molecule has 2 nitrogen and oxygen atoms in total. The van der Waals surface area contributed by atoms with Crippen molar-refractivity contribution in [3.63, 3.8) is 0 Å². The highest BCUT2D eigenvalue weighted by Gasteiger charge is 1.86. The van der Waals surface area contributed by atoms with Gasteiger partial charge >= 0.3 is 0 Å². The van der Waals surface area contributed by atoms with Crippen molar-refractivity contribution in [1.29, 1.82) is 0 Å². The molecule has 0 saturated heterocycles. The Kier molecular flexibility index (Phi) is 0.759. The van der Waals surface area contributed by atoms with Crippen LogP contribution >= 0.6 is 11.3 Å². The highest BCUT2D eigenvalue weighted by atomic mass is 32.1. The van der Waals surface area contributed by atoms with Gasteiger partial charge in [0.05, 0.1) is 5.38 Å². The fourth-order valence-electron chi connectivity index (χ4n) is 0.230. The summed E-state index contributed by atoms with van der Waals surface area (Å²) in [5.74, 6) is 0. The smallest absolute Gasteiger partial charge is 0.276 e. The molecule has 0 atom stereocenters. The lowest BCUT2D eigenvalue weighted by Gasteiger charge is -1.60. The molecule has 1 N–H and O–H groups in total. The van der Waals surface area contributed by atoms with Gasteiger partial charge in [-0.1, -0.05) is 11.3 Å². The van der Waals surface area contributed by atoms with Crippen molar-refractivity contribution in [3.8, 4) is 0 Å². The van der Waals surface area contributed by atoms with Crippen LogP contribution in [0.1, 0.15) is 0 Å².